The molecule has 5 heteroatoms. The van der Waals surface area contributed by atoms with E-state index < -0.39 is 0 Å². The Hall–Kier alpha value is -1.62. The van der Waals surface area contributed by atoms with Crippen LogP contribution >= 0.6 is 0 Å². The van der Waals surface area contributed by atoms with Crippen molar-refractivity contribution in [2.45, 2.75) is 25.3 Å². The first-order chi connectivity index (χ1) is 10.2. The Morgan fingerprint density at radius 1 is 1.33 bits per heavy atom. The lowest BCUT2D eigenvalue weighted by atomic mass is 9.84. The lowest BCUT2D eigenvalue weighted by Gasteiger charge is -2.44. The fourth-order valence-corrected chi connectivity index (χ4v) is 3.28. The second-order valence-corrected chi connectivity index (χ2v) is 5.87. The van der Waals surface area contributed by atoms with E-state index in [0.29, 0.717) is 17.9 Å². The van der Waals surface area contributed by atoms with Crippen LogP contribution in [0.1, 0.15) is 18.4 Å². The molecule has 3 aliphatic rings. The van der Waals surface area contributed by atoms with E-state index in [1.165, 1.54) is 6.07 Å². The Balaban J connectivity index is 1.42. The molecule has 4 nitrogen and oxygen atoms in total. The summed E-state index contributed by atoms with van der Waals surface area (Å²) in [5, 5.41) is 2.95. The average Bonchev–Trinajstić information content (AvgIpc) is 2.50. The average molecular weight is 292 g/mol. The predicted octanol–water partition coefficient (Wildman–Crippen LogP) is 2.19. The summed E-state index contributed by atoms with van der Waals surface area (Å²) in [7, 11) is 0. The van der Waals surface area contributed by atoms with E-state index in [1.807, 2.05) is 0 Å². The molecule has 1 N–H and O–H groups in total. The van der Waals surface area contributed by atoms with Crippen molar-refractivity contribution in [2.24, 2.45) is 5.92 Å². The quantitative estimate of drug-likeness (QED) is 0.925. The van der Waals surface area contributed by atoms with Crippen LogP contribution in [0, 0.1) is 11.7 Å². The maximum absolute atomic E-state index is 13.4. The molecule has 3 fully saturated rings. The monoisotopic (exact) mass is 292 g/mol. The van der Waals surface area contributed by atoms with Gasteiger partial charge in [-0.25, -0.2) is 9.18 Å². The number of benzene rings is 1. The summed E-state index contributed by atoms with van der Waals surface area (Å²) in [5.74, 6) is 0.327. The fraction of sp³-hybridized carbons (Fsp3) is 0.562. The van der Waals surface area contributed by atoms with Gasteiger partial charge in [-0.2, -0.15) is 0 Å². The summed E-state index contributed by atoms with van der Waals surface area (Å²) in [6.45, 7) is 3.41. The largest absolute Gasteiger partial charge is 0.449 e. The van der Waals surface area contributed by atoms with Crippen molar-refractivity contribution in [1.29, 1.82) is 0 Å². The Kier molecular flexibility index (Phi) is 4.39. The van der Waals surface area contributed by atoms with Crippen LogP contribution in [0.4, 0.5) is 9.18 Å². The Morgan fingerprint density at radius 2 is 2.10 bits per heavy atom. The molecular weight excluding hydrogens is 271 g/mol. The van der Waals surface area contributed by atoms with Crippen LogP contribution in [0.15, 0.2) is 24.3 Å². The zero-order chi connectivity index (χ0) is 14.7. The molecule has 3 saturated heterocycles. The van der Waals surface area contributed by atoms with Crippen molar-refractivity contribution in [3.05, 3.63) is 35.6 Å². The molecule has 0 saturated carbocycles. The van der Waals surface area contributed by atoms with Gasteiger partial charge in [0.2, 0.25) is 0 Å². The highest BCUT2D eigenvalue weighted by Gasteiger charge is 2.35. The van der Waals surface area contributed by atoms with Crippen LogP contribution < -0.4 is 5.32 Å². The molecule has 1 atom stereocenters. The van der Waals surface area contributed by atoms with Gasteiger partial charge < -0.3 is 15.0 Å². The number of ether oxygens (including phenoxy) is 1. The predicted molar refractivity (Wildman–Crippen MR) is 77.5 cm³/mol. The van der Waals surface area contributed by atoms with E-state index in [0.717, 1.165) is 32.5 Å². The molecule has 1 unspecified atom stereocenters. The normalized spacial score (nSPS) is 27.4. The number of carbonyl (C=O) groups excluding carboxylic acids is 1. The molecule has 0 spiro atoms. The van der Waals surface area contributed by atoms with Gasteiger partial charge in [0.15, 0.2) is 0 Å². The number of fused-ring (bicyclic) bond motifs is 3. The van der Waals surface area contributed by atoms with Gasteiger partial charge in [0.1, 0.15) is 5.82 Å². The highest BCUT2D eigenvalue weighted by atomic mass is 19.1. The van der Waals surface area contributed by atoms with E-state index in [2.05, 4.69) is 10.2 Å². The first-order valence-corrected chi connectivity index (χ1v) is 7.61. The van der Waals surface area contributed by atoms with Crippen LogP contribution in [0.25, 0.3) is 0 Å². The maximum atomic E-state index is 13.4. The van der Waals surface area contributed by atoms with Crippen LogP contribution in [0.3, 0.4) is 0 Å². The van der Waals surface area contributed by atoms with Crippen LogP contribution in [0.2, 0.25) is 0 Å². The minimum Gasteiger partial charge on any atom is -0.449 e. The summed E-state index contributed by atoms with van der Waals surface area (Å²) >= 11 is 0. The second kappa shape index (κ2) is 6.43. The van der Waals surface area contributed by atoms with E-state index in [1.54, 1.807) is 18.2 Å². The van der Waals surface area contributed by atoms with Gasteiger partial charge in [-0.05, 0) is 43.5 Å². The highest BCUT2D eigenvalue weighted by Crippen LogP contribution is 2.27. The smallest absolute Gasteiger partial charge is 0.407 e. The van der Waals surface area contributed by atoms with Crippen molar-refractivity contribution in [3.8, 4) is 0 Å². The number of carbonyl (C=O) groups is 1. The molecule has 4 rings (SSSR count). The maximum Gasteiger partial charge on any atom is 0.407 e. The van der Waals surface area contributed by atoms with Crippen LogP contribution in [0.5, 0.6) is 0 Å². The number of hydrogen-bond donors (Lipinski definition) is 1. The molecule has 114 valence electrons. The highest BCUT2D eigenvalue weighted by molar-refractivity contribution is 5.67. The molecule has 1 aromatic rings. The standard InChI is InChI=1S/C16H21FN2O2/c17-14-4-2-1-3-12(14)7-10-21-16(20)18-15-11-19-8-5-13(15)6-9-19/h1-4,13,15H,5-11H2,(H,18,20). The van der Waals surface area contributed by atoms with Crippen molar-refractivity contribution in [2.75, 3.05) is 26.2 Å². The molecule has 3 aliphatic heterocycles. The first kappa shape index (κ1) is 14.3. The van der Waals surface area contributed by atoms with Crippen LogP contribution in [-0.4, -0.2) is 43.3 Å². The zero-order valence-electron chi connectivity index (χ0n) is 12.1. The van der Waals surface area contributed by atoms with E-state index >= 15 is 0 Å². The summed E-state index contributed by atoms with van der Waals surface area (Å²) in [6.07, 6.45) is 2.32. The molecule has 0 aliphatic carbocycles. The summed E-state index contributed by atoms with van der Waals surface area (Å²) in [6, 6.07) is 6.77. The fourth-order valence-electron chi connectivity index (χ4n) is 3.28. The third-order valence-corrected chi connectivity index (χ3v) is 4.52. The van der Waals surface area contributed by atoms with E-state index in [-0.39, 0.29) is 24.6 Å². The van der Waals surface area contributed by atoms with Gasteiger partial charge in [0.05, 0.1) is 6.61 Å². The van der Waals surface area contributed by atoms with Crippen molar-refractivity contribution < 1.29 is 13.9 Å². The third-order valence-electron chi connectivity index (χ3n) is 4.52. The number of amides is 1. The van der Waals surface area contributed by atoms with Crippen LogP contribution in [-0.2, 0) is 11.2 Å². The van der Waals surface area contributed by atoms with Gasteiger partial charge in [0, 0.05) is 19.0 Å². The number of nitrogens with one attached hydrogen (secondary N) is 1. The van der Waals surface area contributed by atoms with Gasteiger partial charge in [0.25, 0.3) is 0 Å². The number of alkyl carbamates (subject to hydrolysis) is 1. The third kappa shape index (κ3) is 3.53. The zero-order valence-corrected chi connectivity index (χ0v) is 12.1. The van der Waals surface area contributed by atoms with Crippen molar-refractivity contribution >= 4 is 6.09 Å². The van der Waals surface area contributed by atoms with Crippen molar-refractivity contribution in [3.63, 3.8) is 0 Å². The second-order valence-electron chi connectivity index (χ2n) is 5.87. The minimum atomic E-state index is -0.384. The number of nitrogens with zero attached hydrogens (tertiary/aromatic N) is 1. The van der Waals surface area contributed by atoms with Gasteiger partial charge in [-0.15, -0.1) is 0 Å². The molecule has 21 heavy (non-hydrogen) atoms. The van der Waals surface area contributed by atoms with Gasteiger partial charge >= 0.3 is 6.09 Å². The van der Waals surface area contributed by atoms with Crippen molar-refractivity contribution in [1.82, 2.24) is 10.2 Å². The van der Waals surface area contributed by atoms with E-state index in [4.69, 9.17) is 4.74 Å². The number of piperidine rings is 3. The molecule has 0 radical (unpaired) electrons. The number of halogens is 1. The Bertz CT molecular complexity index is 501. The molecule has 3 heterocycles. The summed E-state index contributed by atoms with van der Waals surface area (Å²) in [5.41, 5.74) is 0.577. The topological polar surface area (TPSA) is 41.6 Å². The SMILES string of the molecule is O=C(NC1CN2CCC1CC2)OCCc1ccccc1F. The number of hydrogen-bond acceptors (Lipinski definition) is 3. The molecule has 1 amide bonds. The lowest BCUT2D eigenvalue weighted by molar-refractivity contribution is 0.0656. The molecule has 1 aromatic carbocycles. The molecule has 2 bridgehead atoms. The summed E-state index contributed by atoms with van der Waals surface area (Å²) < 4.78 is 18.6. The van der Waals surface area contributed by atoms with E-state index in [9.17, 15) is 9.18 Å². The summed E-state index contributed by atoms with van der Waals surface area (Å²) in [4.78, 5) is 14.2. The number of rotatable bonds is 4. The Morgan fingerprint density at radius 3 is 2.76 bits per heavy atom. The first-order valence-electron chi connectivity index (χ1n) is 7.61. The molecular formula is C16H21FN2O2. The molecule has 0 aromatic heterocycles. The lowest BCUT2D eigenvalue weighted by Crippen LogP contribution is -2.57. The van der Waals surface area contributed by atoms with Gasteiger partial charge in [-0.3, -0.25) is 0 Å². The minimum absolute atomic E-state index is 0.202. The Labute approximate surface area is 124 Å². The van der Waals surface area contributed by atoms with Gasteiger partial charge in [-0.1, -0.05) is 18.2 Å².